The van der Waals surface area contributed by atoms with E-state index in [1.54, 1.807) is 0 Å². The summed E-state index contributed by atoms with van der Waals surface area (Å²) in [5.74, 6) is 0. The lowest BCUT2D eigenvalue weighted by atomic mass is 9.93. The van der Waals surface area contributed by atoms with E-state index >= 15 is 0 Å². The van der Waals surface area contributed by atoms with Crippen molar-refractivity contribution >= 4 is 0 Å². The van der Waals surface area contributed by atoms with E-state index in [1.807, 2.05) is 13.8 Å². The summed E-state index contributed by atoms with van der Waals surface area (Å²) in [7, 11) is 0. The lowest BCUT2D eigenvalue weighted by molar-refractivity contribution is 0.00323. The second kappa shape index (κ2) is 10.4. The molecule has 0 bridgehead atoms. The van der Waals surface area contributed by atoms with Gasteiger partial charge in [0.1, 0.15) is 0 Å². The van der Waals surface area contributed by atoms with E-state index in [1.165, 1.54) is 6.42 Å². The van der Waals surface area contributed by atoms with E-state index < -0.39 is 6.08 Å². The summed E-state index contributed by atoms with van der Waals surface area (Å²) in [5.41, 5.74) is 1.22. The predicted molar refractivity (Wildman–Crippen MR) is 117 cm³/mol. The summed E-state index contributed by atoms with van der Waals surface area (Å²) in [6, 6.07) is 0. The first-order valence-corrected chi connectivity index (χ1v) is 11.7. The van der Waals surface area contributed by atoms with Crippen LogP contribution in [0.3, 0.4) is 0 Å². The normalized spacial score (nSPS) is 32.2. The summed E-state index contributed by atoms with van der Waals surface area (Å²) < 4.78 is 49.2. The van der Waals surface area contributed by atoms with Crippen LogP contribution in [0.4, 0.5) is 13.2 Å². The minimum absolute atomic E-state index is 0.113. The van der Waals surface area contributed by atoms with Crippen molar-refractivity contribution in [2.45, 2.75) is 89.5 Å². The molecule has 2 unspecified atom stereocenters. The van der Waals surface area contributed by atoms with E-state index in [0.717, 1.165) is 63.8 Å². The van der Waals surface area contributed by atoms with Crippen molar-refractivity contribution < 1.29 is 22.6 Å². The van der Waals surface area contributed by atoms with Crippen molar-refractivity contribution in [2.24, 2.45) is 0 Å². The minimum atomic E-state index is -1.49. The molecule has 0 saturated carbocycles. The first-order chi connectivity index (χ1) is 14.7. The average Bonchev–Trinajstić information content (AvgIpc) is 3.42. The zero-order chi connectivity index (χ0) is 22.6. The standard InChI is InChI=1S/C12H19F2NO.C12H20FNO/c1-9(2)16-8-12-4-3-5-15(12)7-10(6-12)11(13)14;1-10(2)15-9-12-4-3-5-14(12)8-11(6-12)7-13/h9H,3-8H2,1-2H3;7,10H,3-6,8-9H2,1-2H3/b;11-7+. The zero-order valence-corrected chi connectivity index (χ0v) is 19.6. The highest BCUT2D eigenvalue weighted by Crippen LogP contribution is 2.43. The van der Waals surface area contributed by atoms with E-state index in [9.17, 15) is 13.2 Å². The van der Waals surface area contributed by atoms with Crippen LogP contribution in [-0.4, -0.2) is 72.5 Å². The van der Waals surface area contributed by atoms with Gasteiger partial charge in [-0.05, 0) is 84.9 Å². The van der Waals surface area contributed by atoms with Gasteiger partial charge < -0.3 is 9.47 Å². The van der Waals surface area contributed by atoms with Gasteiger partial charge >= 0.3 is 0 Å². The third-order valence-electron chi connectivity index (χ3n) is 7.15. The van der Waals surface area contributed by atoms with E-state index in [4.69, 9.17) is 9.47 Å². The van der Waals surface area contributed by atoms with Gasteiger partial charge in [-0.15, -0.1) is 0 Å². The quantitative estimate of drug-likeness (QED) is 0.555. The Bertz CT molecular complexity index is 678. The Morgan fingerprint density at radius 3 is 1.90 bits per heavy atom. The van der Waals surface area contributed by atoms with Crippen molar-refractivity contribution in [3.63, 3.8) is 0 Å². The van der Waals surface area contributed by atoms with E-state index in [2.05, 4.69) is 23.6 Å². The Balaban J connectivity index is 0.000000176. The van der Waals surface area contributed by atoms with Gasteiger partial charge in [0.25, 0.3) is 6.08 Å². The van der Waals surface area contributed by atoms with Crippen molar-refractivity contribution in [1.82, 2.24) is 9.80 Å². The molecule has 0 radical (unpaired) electrons. The van der Waals surface area contributed by atoms with Crippen LogP contribution < -0.4 is 0 Å². The molecule has 0 aromatic carbocycles. The molecule has 0 aromatic heterocycles. The maximum atomic E-state index is 12.6. The summed E-state index contributed by atoms with van der Waals surface area (Å²) >= 11 is 0. The van der Waals surface area contributed by atoms with Crippen LogP contribution in [0.2, 0.25) is 0 Å². The van der Waals surface area contributed by atoms with Crippen LogP contribution >= 0.6 is 0 Å². The molecule has 4 aliphatic heterocycles. The number of halogens is 3. The molecule has 0 N–H and O–H groups in total. The van der Waals surface area contributed by atoms with Crippen molar-refractivity contribution in [3.05, 3.63) is 23.6 Å². The third-order valence-corrected chi connectivity index (χ3v) is 7.15. The summed E-state index contributed by atoms with van der Waals surface area (Å²) in [6.45, 7) is 12.7. The van der Waals surface area contributed by atoms with Gasteiger partial charge in [0.15, 0.2) is 0 Å². The van der Waals surface area contributed by atoms with Crippen LogP contribution in [0.1, 0.15) is 66.2 Å². The molecule has 0 amide bonds. The fourth-order valence-corrected chi connectivity index (χ4v) is 5.56. The van der Waals surface area contributed by atoms with Gasteiger partial charge in [-0.1, -0.05) is 0 Å². The Morgan fingerprint density at radius 2 is 1.42 bits per heavy atom. The van der Waals surface area contributed by atoms with Crippen LogP contribution in [0.15, 0.2) is 23.6 Å². The fraction of sp³-hybridized carbons (Fsp3) is 0.833. The molecule has 4 rings (SSSR count). The molecule has 0 spiro atoms. The highest BCUT2D eigenvalue weighted by atomic mass is 19.3. The molecule has 4 saturated heterocycles. The Hall–Kier alpha value is -0.890. The SMILES string of the molecule is CC(C)OCC12CCCN1C/C(=C/F)C2.CC(C)OCC12CCCN1CC(=C(F)F)C2. The van der Waals surface area contributed by atoms with Gasteiger partial charge in [0.05, 0.1) is 31.8 Å². The summed E-state index contributed by atoms with van der Waals surface area (Å²) in [4.78, 5) is 4.56. The maximum absolute atomic E-state index is 12.6. The number of nitrogens with zero attached hydrogens (tertiary/aromatic N) is 2. The number of fused-ring (bicyclic) bond motifs is 2. The van der Waals surface area contributed by atoms with Gasteiger partial charge in [-0.3, -0.25) is 9.80 Å². The first kappa shape index (κ1) is 24.7. The highest BCUT2D eigenvalue weighted by molar-refractivity contribution is 5.21. The topological polar surface area (TPSA) is 24.9 Å². The molecule has 178 valence electrons. The number of hydrogen-bond acceptors (Lipinski definition) is 4. The summed E-state index contributed by atoms with van der Waals surface area (Å²) in [5, 5.41) is 0. The van der Waals surface area contributed by atoms with E-state index in [-0.39, 0.29) is 23.3 Å². The maximum Gasteiger partial charge on any atom is 0.270 e. The van der Waals surface area contributed by atoms with Crippen molar-refractivity contribution in [2.75, 3.05) is 39.4 Å². The van der Waals surface area contributed by atoms with E-state index in [0.29, 0.717) is 25.1 Å². The van der Waals surface area contributed by atoms with Crippen LogP contribution in [0.25, 0.3) is 0 Å². The average molecular weight is 445 g/mol. The number of ether oxygens (including phenoxy) is 2. The molecule has 7 heteroatoms. The Labute approximate surface area is 185 Å². The van der Waals surface area contributed by atoms with Gasteiger partial charge in [-0.25, -0.2) is 4.39 Å². The van der Waals surface area contributed by atoms with Gasteiger partial charge in [0.2, 0.25) is 0 Å². The lowest BCUT2D eigenvalue weighted by Crippen LogP contribution is -2.43. The first-order valence-electron chi connectivity index (χ1n) is 11.7. The number of hydrogen-bond donors (Lipinski definition) is 0. The van der Waals surface area contributed by atoms with Crippen LogP contribution in [-0.2, 0) is 9.47 Å². The smallest absolute Gasteiger partial charge is 0.270 e. The molecule has 0 aliphatic carbocycles. The molecule has 4 nitrogen and oxygen atoms in total. The fourth-order valence-electron chi connectivity index (χ4n) is 5.56. The molecule has 4 aliphatic rings. The van der Waals surface area contributed by atoms with Gasteiger partial charge in [0, 0.05) is 29.7 Å². The molecule has 4 fully saturated rings. The third kappa shape index (κ3) is 5.73. The largest absolute Gasteiger partial charge is 0.377 e. The van der Waals surface area contributed by atoms with Crippen LogP contribution in [0.5, 0.6) is 0 Å². The molecule has 0 aromatic rings. The Morgan fingerprint density at radius 1 is 0.903 bits per heavy atom. The second-order valence-electron chi connectivity index (χ2n) is 10.2. The van der Waals surface area contributed by atoms with Crippen molar-refractivity contribution in [3.8, 4) is 0 Å². The molecule has 2 atom stereocenters. The molecular formula is C24H39F3N2O2. The monoisotopic (exact) mass is 444 g/mol. The Kier molecular flexibility index (Phi) is 8.27. The molecular weight excluding hydrogens is 405 g/mol. The zero-order valence-electron chi connectivity index (χ0n) is 19.6. The molecule has 4 heterocycles. The predicted octanol–water partition coefficient (Wildman–Crippen LogP) is 5.30. The van der Waals surface area contributed by atoms with Gasteiger partial charge in [-0.2, -0.15) is 8.78 Å². The highest BCUT2D eigenvalue weighted by Gasteiger charge is 2.48. The lowest BCUT2D eigenvalue weighted by Gasteiger charge is -2.32. The number of rotatable bonds is 6. The van der Waals surface area contributed by atoms with Crippen LogP contribution in [0, 0.1) is 0 Å². The molecule has 31 heavy (non-hydrogen) atoms. The summed E-state index contributed by atoms with van der Waals surface area (Å²) in [6.07, 6.45) is 5.53. The minimum Gasteiger partial charge on any atom is -0.377 e. The second-order valence-corrected chi connectivity index (χ2v) is 10.2. The van der Waals surface area contributed by atoms with Crippen molar-refractivity contribution in [1.29, 1.82) is 0 Å².